The van der Waals surface area contributed by atoms with Crippen molar-refractivity contribution >= 4 is 24.1 Å². The highest BCUT2D eigenvalue weighted by atomic mass is 35.5. The number of hydrogen-bond donors (Lipinski definition) is 1. The summed E-state index contributed by atoms with van der Waals surface area (Å²) < 4.78 is 12.7. The molecule has 0 saturated heterocycles. The van der Waals surface area contributed by atoms with Crippen molar-refractivity contribution in [3.63, 3.8) is 0 Å². The average Bonchev–Trinajstić information content (AvgIpc) is 2.31. The van der Waals surface area contributed by atoms with Gasteiger partial charge in [0, 0.05) is 5.56 Å². The highest BCUT2D eigenvalue weighted by Crippen LogP contribution is 2.29. The number of nitrogens with one attached hydrogen (secondary N) is 1. The third kappa shape index (κ3) is 1.49. The minimum absolute atomic E-state index is 0. The summed E-state index contributed by atoms with van der Waals surface area (Å²) >= 11 is 0. The summed E-state index contributed by atoms with van der Waals surface area (Å²) in [6.07, 6.45) is 1.09. The number of rotatable bonds is 0. The van der Waals surface area contributed by atoms with Crippen LogP contribution in [-0.2, 0) is 4.79 Å². The Morgan fingerprint density at radius 2 is 2.31 bits per heavy atom. The number of carbonyl (C=O) groups is 1. The molecule has 1 atom stereocenters. The van der Waals surface area contributed by atoms with Crippen LogP contribution in [0.15, 0.2) is 12.3 Å². The van der Waals surface area contributed by atoms with Crippen molar-refractivity contribution in [1.29, 1.82) is 0 Å². The van der Waals surface area contributed by atoms with Gasteiger partial charge in [0.05, 0.1) is 12.1 Å². The number of fused-ring (bicyclic) bond motifs is 1. The molecule has 1 amide bonds. The van der Waals surface area contributed by atoms with E-state index in [-0.39, 0.29) is 24.2 Å². The molecular weight excluding hydrogens is 195 g/mol. The molecule has 0 bridgehead atoms. The Morgan fingerprint density at radius 3 is 3.00 bits per heavy atom. The standard InChI is InChI=1S/C8H7FN2O.ClH/c1-4-6-2-5(9)3-10-7(6)11-8(4)12;/h2-4H,1H3,(H,10,11,12);1H. The van der Waals surface area contributed by atoms with Gasteiger partial charge in [-0.25, -0.2) is 9.37 Å². The number of halogens is 2. The quantitative estimate of drug-likeness (QED) is 0.696. The largest absolute Gasteiger partial charge is 0.310 e. The Morgan fingerprint density at radius 1 is 1.62 bits per heavy atom. The number of nitrogens with zero attached hydrogens (tertiary/aromatic N) is 1. The van der Waals surface area contributed by atoms with E-state index in [1.54, 1.807) is 6.92 Å². The number of hydrogen-bond acceptors (Lipinski definition) is 2. The van der Waals surface area contributed by atoms with E-state index >= 15 is 0 Å². The van der Waals surface area contributed by atoms with Gasteiger partial charge in [0.25, 0.3) is 0 Å². The van der Waals surface area contributed by atoms with Crippen molar-refractivity contribution in [3.8, 4) is 0 Å². The zero-order valence-corrected chi connectivity index (χ0v) is 7.69. The maximum Gasteiger partial charge on any atom is 0.232 e. The third-order valence-electron chi connectivity index (χ3n) is 1.99. The lowest BCUT2D eigenvalue weighted by Crippen LogP contribution is -2.08. The van der Waals surface area contributed by atoms with E-state index in [9.17, 15) is 9.18 Å². The van der Waals surface area contributed by atoms with Gasteiger partial charge in [0.2, 0.25) is 5.91 Å². The van der Waals surface area contributed by atoms with Crippen molar-refractivity contribution in [2.45, 2.75) is 12.8 Å². The monoisotopic (exact) mass is 202 g/mol. The molecule has 13 heavy (non-hydrogen) atoms. The van der Waals surface area contributed by atoms with E-state index in [1.165, 1.54) is 6.07 Å². The highest BCUT2D eigenvalue weighted by molar-refractivity contribution is 6.01. The molecule has 0 spiro atoms. The number of anilines is 1. The van der Waals surface area contributed by atoms with E-state index in [4.69, 9.17) is 0 Å². The Kier molecular flexibility index (Phi) is 2.52. The van der Waals surface area contributed by atoms with Crippen LogP contribution in [0.3, 0.4) is 0 Å². The summed E-state index contributed by atoms with van der Waals surface area (Å²) in [5.74, 6) is -0.336. The summed E-state index contributed by atoms with van der Waals surface area (Å²) in [5.41, 5.74) is 0.639. The molecule has 0 fully saturated rings. The number of carbonyl (C=O) groups excluding carboxylic acids is 1. The molecule has 0 radical (unpaired) electrons. The molecule has 1 aromatic heterocycles. The van der Waals surface area contributed by atoms with Crippen molar-refractivity contribution in [3.05, 3.63) is 23.6 Å². The second-order valence-electron chi connectivity index (χ2n) is 2.80. The molecule has 5 heteroatoms. The second kappa shape index (κ2) is 3.30. The fourth-order valence-electron chi connectivity index (χ4n) is 1.26. The van der Waals surface area contributed by atoms with Gasteiger partial charge in [-0.2, -0.15) is 0 Å². The Hall–Kier alpha value is -1.16. The van der Waals surface area contributed by atoms with Crippen LogP contribution in [0.4, 0.5) is 10.2 Å². The molecule has 0 aliphatic carbocycles. The third-order valence-corrected chi connectivity index (χ3v) is 1.99. The number of amides is 1. The fraction of sp³-hybridized carbons (Fsp3) is 0.250. The first-order valence-electron chi connectivity index (χ1n) is 3.65. The van der Waals surface area contributed by atoms with Crippen LogP contribution in [0.2, 0.25) is 0 Å². The summed E-state index contributed by atoms with van der Waals surface area (Å²) in [6, 6.07) is 1.34. The van der Waals surface area contributed by atoms with Crippen LogP contribution in [0.1, 0.15) is 18.4 Å². The van der Waals surface area contributed by atoms with Crippen LogP contribution >= 0.6 is 12.4 Å². The Bertz CT molecular complexity index is 356. The summed E-state index contributed by atoms with van der Waals surface area (Å²) in [5, 5.41) is 2.56. The SMILES string of the molecule is CC1C(=O)Nc2ncc(F)cc21.Cl. The van der Waals surface area contributed by atoms with E-state index < -0.39 is 5.82 Å². The molecule has 70 valence electrons. The van der Waals surface area contributed by atoms with Gasteiger partial charge >= 0.3 is 0 Å². The summed E-state index contributed by atoms with van der Waals surface area (Å²) in [7, 11) is 0. The van der Waals surface area contributed by atoms with Crippen molar-refractivity contribution < 1.29 is 9.18 Å². The first-order chi connectivity index (χ1) is 5.68. The van der Waals surface area contributed by atoms with E-state index in [1.807, 2.05) is 0 Å². The van der Waals surface area contributed by atoms with Gasteiger partial charge in [-0.1, -0.05) is 0 Å². The zero-order valence-electron chi connectivity index (χ0n) is 6.87. The van der Waals surface area contributed by atoms with Crippen LogP contribution in [0.5, 0.6) is 0 Å². The maximum absolute atomic E-state index is 12.7. The van der Waals surface area contributed by atoms with Crippen LogP contribution in [-0.4, -0.2) is 10.9 Å². The predicted octanol–water partition coefficient (Wildman–Crippen LogP) is 1.70. The van der Waals surface area contributed by atoms with Crippen molar-refractivity contribution in [2.75, 3.05) is 5.32 Å². The minimum atomic E-state index is -0.405. The molecule has 2 rings (SSSR count). The van der Waals surface area contributed by atoms with E-state index in [0.29, 0.717) is 11.4 Å². The summed E-state index contributed by atoms with van der Waals surface area (Å²) in [6.45, 7) is 1.72. The van der Waals surface area contributed by atoms with Crippen LogP contribution in [0, 0.1) is 5.82 Å². The lowest BCUT2D eigenvalue weighted by atomic mass is 10.1. The average molecular weight is 203 g/mol. The lowest BCUT2D eigenvalue weighted by molar-refractivity contribution is -0.116. The molecule has 0 saturated carbocycles. The van der Waals surface area contributed by atoms with E-state index in [2.05, 4.69) is 10.3 Å². The minimum Gasteiger partial charge on any atom is -0.310 e. The first kappa shape index (κ1) is 9.92. The molecule has 1 aromatic rings. The molecular formula is C8H8ClFN2O. The topological polar surface area (TPSA) is 42.0 Å². The van der Waals surface area contributed by atoms with Crippen LogP contribution in [0.25, 0.3) is 0 Å². The van der Waals surface area contributed by atoms with Gasteiger partial charge in [-0.15, -0.1) is 12.4 Å². The van der Waals surface area contributed by atoms with Gasteiger partial charge in [-0.05, 0) is 13.0 Å². The number of aromatic nitrogens is 1. The van der Waals surface area contributed by atoms with Crippen LogP contribution < -0.4 is 5.32 Å². The van der Waals surface area contributed by atoms with Gasteiger partial charge in [-0.3, -0.25) is 4.79 Å². The smallest absolute Gasteiger partial charge is 0.232 e. The Labute approximate surface area is 80.8 Å². The van der Waals surface area contributed by atoms with Gasteiger partial charge < -0.3 is 5.32 Å². The predicted molar refractivity (Wildman–Crippen MR) is 48.5 cm³/mol. The highest BCUT2D eigenvalue weighted by Gasteiger charge is 2.27. The molecule has 0 aromatic carbocycles. The van der Waals surface area contributed by atoms with Crippen molar-refractivity contribution in [2.24, 2.45) is 0 Å². The molecule has 2 heterocycles. The first-order valence-corrected chi connectivity index (χ1v) is 3.65. The summed E-state index contributed by atoms with van der Waals surface area (Å²) in [4.78, 5) is 14.8. The normalized spacial score (nSPS) is 18.9. The molecule has 1 unspecified atom stereocenters. The fourth-order valence-corrected chi connectivity index (χ4v) is 1.26. The van der Waals surface area contributed by atoms with Gasteiger partial charge in [0.1, 0.15) is 11.6 Å². The Balaban J connectivity index is 0.000000845. The molecule has 1 aliphatic heterocycles. The van der Waals surface area contributed by atoms with Gasteiger partial charge in [0.15, 0.2) is 0 Å². The molecule has 1 N–H and O–H groups in total. The number of pyridine rings is 1. The molecule has 3 nitrogen and oxygen atoms in total. The maximum atomic E-state index is 12.7. The zero-order chi connectivity index (χ0) is 8.72. The second-order valence-corrected chi connectivity index (χ2v) is 2.80. The van der Waals surface area contributed by atoms with E-state index in [0.717, 1.165) is 6.20 Å². The lowest BCUT2D eigenvalue weighted by Gasteiger charge is -1.98. The van der Waals surface area contributed by atoms with Crippen molar-refractivity contribution in [1.82, 2.24) is 4.98 Å². The molecule has 1 aliphatic rings.